The fraction of sp³-hybridized carbons (Fsp3) is 0.500. The first-order valence-corrected chi connectivity index (χ1v) is 6.16. The molecule has 2 unspecified atom stereocenters. The topological polar surface area (TPSA) is 68.0 Å². The van der Waals surface area contributed by atoms with Gasteiger partial charge < -0.3 is 11.1 Å². The molecule has 2 atom stereocenters. The predicted octanol–water partition coefficient (Wildman–Crippen LogP) is 2.24. The minimum atomic E-state index is -0.186. The summed E-state index contributed by atoms with van der Waals surface area (Å²) in [5.41, 5.74) is 6.39. The number of nitrogen functional groups attached to an aromatic ring is 1. The van der Waals surface area contributed by atoms with Crippen LogP contribution in [0.5, 0.6) is 0 Å². The van der Waals surface area contributed by atoms with Crippen LogP contribution < -0.4 is 11.1 Å². The molecule has 1 amide bonds. The third-order valence-corrected chi connectivity index (χ3v) is 3.44. The normalized spacial score (nSPS) is 23.6. The molecular weight excluding hydrogens is 238 g/mol. The molecule has 3 N–H and O–H groups in total. The Balaban J connectivity index is 2.06. The van der Waals surface area contributed by atoms with Crippen LogP contribution in [0, 0.1) is 5.92 Å². The average molecular weight is 254 g/mol. The molecule has 1 saturated carbocycles. The van der Waals surface area contributed by atoms with Gasteiger partial charge in [-0.05, 0) is 31.2 Å². The third kappa shape index (κ3) is 2.88. The van der Waals surface area contributed by atoms with E-state index >= 15 is 0 Å². The zero-order chi connectivity index (χ0) is 12.4. The van der Waals surface area contributed by atoms with E-state index in [-0.39, 0.29) is 17.1 Å². The molecule has 1 heterocycles. The summed E-state index contributed by atoms with van der Waals surface area (Å²) < 4.78 is 0. The number of carbonyl (C=O) groups is 1. The Morgan fingerprint density at radius 1 is 1.59 bits per heavy atom. The highest BCUT2D eigenvalue weighted by atomic mass is 35.5. The van der Waals surface area contributed by atoms with Crippen LogP contribution in [0.25, 0.3) is 0 Å². The number of carbonyl (C=O) groups excluding carboxylic acids is 1. The van der Waals surface area contributed by atoms with Gasteiger partial charge in [0.15, 0.2) is 0 Å². The number of amides is 1. The van der Waals surface area contributed by atoms with Crippen LogP contribution in [-0.2, 0) is 0 Å². The second-order valence-corrected chi connectivity index (χ2v) is 5.05. The van der Waals surface area contributed by atoms with Crippen molar-refractivity contribution < 1.29 is 4.79 Å². The molecular formula is C12H16ClN3O. The van der Waals surface area contributed by atoms with E-state index in [1.165, 1.54) is 6.20 Å². The highest BCUT2D eigenvalue weighted by Gasteiger charge is 2.24. The molecule has 2 rings (SSSR count). The summed E-state index contributed by atoms with van der Waals surface area (Å²) in [4.78, 5) is 15.9. The molecule has 0 radical (unpaired) electrons. The van der Waals surface area contributed by atoms with Gasteiger partial charge in [-0.3, -0.25) is 4.79 Å². The van der Waals surface area contributed by atoms with Gasteiger partial charge in [0.25, 0.3) is 5.91 Å². The minimum Gasteiger partial charge on any atom is -0.397 e. The van der Waals surface area contributed by atoms with Crippen molar-refractivity contribution in [3.05, 3.63) is 23.0 Å². The number of anilines is 1. The van der Waals surface area contributed by atoms with Gasteiger partial charge in [0.2, 0.25) is 0 Å². The van der Waals surface area contributed by atoms with Gasteiger partial charge >= 0.3 is 0 Å². The maximum atomic E-state index is 12.0. The Hall–Kier alpha value is -1.29. The lowest BCUT2D eigenvalue weighted by atomic mass is 10.1. The maximum absolute atomic E-state index is 12.0. The van der Waals surface area contributed by atoms with Crippen LogP contribution in [0.4, 0.5) is 5.69 Å². The van der Waals surface area contributed by atoms with Crippen molar-refractivity contribution in [1.29, 1.82) is 0 Å². The van der Waals surface area contributed by atoms with E-state index in [0.717, 1.165) is 19.3 Å². The highest BCUT2D eigenvalue weighted by molar-refractivity contribution is 6.32. The minimum absolute atomic E-state index is 0.186. The van der Waals surface area contributed by atoms with E-state index in [2.05, 4.69) is 17.2 Å². The van der Waals surface area contributed by atoms with E-state index in [1.54, 1.807) is 6.07 Å². The van der Waals surface area contributed by atoms with Crippen molar-refractivity contribution in [2.24, 2.45) is 5.92 Å². The molecule has 0 bridgehead atoms. The third-order valence-electron chi connectivity index (χ3n) is 3.13. The fourth-order valence-corrected chi connectivity index (χ4v) is 2.41. The molecule has 1 aromatic heterocycles. The van der Waals surface area contributed by atoms with Crippen molar-refractivity contribution in [1.82, 2.24) is 10.3 Å². The summed E-state index contributed by atoms with van der Waals surface area (Å²) in [5.74, 6) is 0.489. The summed E-state index contributed by atoms with van der Waals surface area (Å²) in [5, 5.41) is 3.17. The molecule has 0 aromatic carbocycles. The second kappa shape index (κ2) is 4.92. The van der Waals surface area contributed by atoms with Gasteiger partial charge in [-0.25, -0.2) is 4.98 Å². The molecule has 17 heavy (non-hydrogen) atoms. The number of nitrogens with two attached hydrogens (primary N) is 1. The predicted molar refractivity (Wildman–Crippen MR) is 67.9 cm³/mol. The van der Waals surface area contributed by atoms with E-state index in [9.17, 15) is 4.79 Å². The molecule has 0 saturated heterocycles. The smallest absolute Gasteiger partial charge is 0.254 e. The van der Waals surface area contributed by atoms with Gasteiger partial charge in [0, 0.05) is 6.04 Å². The van der Waals surface area contributed by atoms with Crippen molar-refractivity contribution in [3.63, 3.8) is 0 Å². The molecule has 0 spiro atoms. The van der Waals surface area contributed by atoms with Gasteiger partial charge in [0.1, 0.15) is 5.15 Å². The number of pyridine rings is 1. The summed E-state index contributed by atoms with van der Waals surface area (Å²) in [7, 11) is 0. The number of hydrogen-bond donors (Lipinski definition) is 2. The first-order valence-electron chi connectivity index (χ1n) is 5.78. The molecule has 1 aromatic rings. The van der Waals surface area contributed by atoms with Gasteiger partial charge in [-0.1, -0.05) is 18.5 Å². The Kier molecular flexibility index (Phi) is 3.52. The highest BCUT2D eigenvalue weighted by Crippen LogP contribution is 2.25. The Morgan fingerprint density at radius 3 is 3.00 bits per heavy atom. The quantitative estimate of drug-likeness (QED) is 0.795. The number of hydrogen-bond acceptors (Lipinski definition) is 3. The Morgan fingerprint density at radius 2 is 2.35 bits per heavy atom. The van der Waals surface area contributed by atoms with E-state index in [4.69, 9.17) is 17.3 Å². The first-order chi connectivity index (χ1) is 8.06. The SMILES string of the molecule is CC1CCC(NC(=O)c2cc(N)cnc2Cl)C1. The summed E-state index contributed by atoms with van der Waals surface area (Å²) in [6.45, 7) is 2.20. The molecule has 1 fully saturated rings. The number of nitrogens with zero attached hydrogens (tertiary/aromatic N) is 1. The number of rotatable bonds is 2. The van der Waals surface area contributed by atoms with E-state index < -0.39 is 0 Å². The van der Waals surface area contributed by atoms with Crippen LogP contribution >= 0.6 is 11.6 Å². The first kappa shape index (κ1) is 12.2. The Bertz CT molecular complexity index is 436. The summed E-state index contributed by atoms with van der Waals surface area (Å²) in [6, 6.07) is 1.80. The van der Waals surface area contributed by atoms with Crippen molar-refractivity contribution in [3.8, 4) is 0 Å². The lowest BCUT2D eigenvalue weighted by Gasteiger charge is -2.13. The van der Waals surface area contributed by atoms with Crippen LogP contribution in [0.15, 0.2) is 12.3 Å². The van der Waals surface area contributed by atoms with Crippen LogP contribution in [0.1, 0.15) is 36.5 Å². The molecule has 4 nitrogen and oxygen atoms in total. The molecule has 5 heteroatoms. The van der Waals surface area contributed by atoms with E-state index in [1.807, 2.05) is 0 Å². The van der Waals surface area contributed by atoms with E-state index in [0.29, 0.717) is 17.2 Å². The average Bonchev–Trinajstić information content (AvgIpc) is 2.67. The standard InChI is InChI=1S/C12H16ClN3O/c1-7-2-3-9(4-7)16-12(17)10-5-8(14)6-15-11(10)13/h5-7,9H,2-4,14H2,1H3,(H,16,17). The lowest BCUT2D eigenvalue weighted by Crippen LogP contribution is -2.33. The number of aromatic nitrogens is 1. The van der Waals surface area contributed by atoms with Crippen molar-refractivity contribution in [2.45, 2.75) is 32.2 Å². The summed E-state index contributed by atoms with van der Waals surface area (Å²) in [6.07, 6.45) is 4.66. The molecule has 1 aliphatic carbocycles. The van der Waals surface area contributed by atoms with Gasteiger partial charge in [-0.15, -0.1) is 0 Å². The Labute approximate surface area is 106 Å². The van der Waals surface area contributed by atoms with Crippen LogP contribution in [-0.4, -0.2) is 16.9 Å². The molecule has 1 aliphatic rings. The second-order valence-electron chi connectivity index (χ2n) is 4.70. The maximum Gasteiger partial charge on any atom is 0.254 e. The largest absolute Gasteiger partial charge is 0.397 e. The zero-order valence-corrected chi connectivity index (χ0v) is 10.5. The van der Waals surface area contributed by atoms with Gasteiger partial charge in [0.05, 0.1) is 17.4 Å². The van der Waals surface area contributed by atoms with Gasteiger partial charge in [-0.2, -0.15) is 0 Å². The fourth-order valence-electron chi connectivity index (χ4n) is 2.22. The monoisotopic (exact) mass is 253 g/mol. The zero-order valence-electron chi connectivity index (χ0n) is 9.74. The number of nitrogens with one attached hydrogen (secondary N) is 1. The van der Waals surface area contributed by atoms with Crippen LogP contribution in [0.3, 0.4) is 0 Å². The van der Waals surface area contributed by atoms with Crippen molar-refractivity contribution >= 4 is 23.2 Å². The molecule has 92 valence electrons. The molecule has 0 aliphatic heterocycles. The van der Waals surface area contributed by atoms with Crippen LogP contribution in [0.2, 0.25) is 5.15 Å². The lowest BCUT2D eigenvalue weighted by molar-refractivity contribution is 0.0937. The summed E-state index contributed by atoms with van der Waals surface area (Å²) >= 11 is 5.88. The number of halogens is 1. The van der Waals surface area contributed by atoms with Crippen molar-refractivity contribution in [2.75, 3.05) is 5.73 Å².